The average molecular weight is 451 g/mol. The van der Waals surface area contributed by atoms with Crippen molar-refractivity contribution < 1.29 is 13.6 Å². The lowest BCUT2D eigenvalue weighted by molar-refractivity contribution is -0.121. The van der Waals surface area contributed by atoms with E-state index >= 15 is 0 Å². The van der Waals surface area contributed by atoms with Crippen molar-refractivity contribution in [3.63, 3.8) is 0 Å². The molecule has 1 N–H and O–H groups in total. The third-order valence-corrected chi connectivity index (χ3v) is 6.02. The number of hydrogen-bond acceptors (Lipinski definition) is 4. The van der Waals surface area contributed by atoms with Crippen molar-refractivity contribution in [1.82, 2.24) is 10.3 Å². The fourth-order valence-electron chi connectivity index (χ4n) is 4.11. The summed E-state index contributed by atoms with van der Waals surface area (Å²) in [6.07, 6.45) is 2.07. The van der Waals surface area contributed by atoms with E-state index in [1.54, 1.807) is 0 Å². The fourth-order valence-corrected chi connectivity index (χ4v) is 4.11. The molecule has 7 heteroatoms. The van der Waals surface area contributed by atoms with Gasteiger partial charge < -0.3 is 15.1 Å². The van der Waals surface area contributed by atoms with Crippen molar-refractivity contribution in [2.24, 2.45) is 0 Å². The number of aryl methyl sites for hydroxylation is 1. The molecule has 0 aliphatic carbocycles. The molecule has 1 amide bonds. The van der Waals surface area contributed by atoms with Crippen LogP contribution in [0.3, 0.4) is 0 Å². The van der Waals surface area contributed by atoms with Gasteiger partial charge in [0.1, 0.15) is 5.82 Å². The van der Waals surface area contributed by atoms with Crippen LogP contribution < -0.4 is 15.1 Å². The number of carbonyl (C=O) groups excluding carboxylic acids is 1. The van der Waals surface area contributed by atoms with Crippen LogP contribution in [0.25, 0.3) is 0 Å². The highest BCUT2D eigenvalue weighted by Crippen LogP contribution is 2.23. The average Bonchev–Trinajstić information content (AvgIpc) is 2.85. The first-order chi connectivity index (χ1) is 16.0. The van der Waals surface area contributed by atoms with E-state index in [2.05, 4.69) is 32.2 Å². The van der Waals surface area contributed by atoms with Crippen LogP contribution in [0.4, 0.5) is 20.3 Å². The van der Waals surface area contributed by atoms with Gasteiger partial charge in [0.05, 0.1) is 6.04 Å². The number of hydrogen-bond donors (Lipinski definition) is 1. The van der Waals surface area contributed by atoms with Gasteiger partial charge in [-0.05, 0) is 54.8 Å². The van der Waals surface area contributed by atoms with Crippen molar-refractivity contribution in [2.75, 3.05) is 36.0 Å². The Morgan fingerprint density at radius 2 is 1.76 bits per heavy atom. The minimum absolute atomic E-state index is 0.0971. The van der Waals surface area contributed by atoms with E-state index in [-0.39, 0.29) is 30.4 Å². The summed E-state index contributed by atoms with van der Waals surface area (Å²) in [4.78, 5) is 21.5. The highest BCUT2D eigenvalue weighted by atomic mass is 19.2. The Bertz CT molecular complexity index is 1080. The summed E-state index contributed by atoms with van der Waals surface area (Å²) in [6, 6.07) is 18.0. The Balaban J connectivity index is 1.31. The summed E-state index contributed by atoms with van der Waals surface area (Å²) in [5.41, 5.74) is 2.34. The molecule has 1 fully saturated rings. The predicted molar refractivity (Wildman–Crippen MR) is 126 cm³/mol. The van der Waals surface area contributed by atoms with Gasteiger partial charge in [-0.2, -0.15) is 0 Å². The lowest BCUT2D eigenvalue weighted by Crippen LogP contribution is -2.46. The third-order valence-electron chi connectivity index (χ3n) is 6.02. The minimum atomic E-state index is -0.890. The normalized spacial score (nSPS) is 14.8. The van der Waals surface area contributed by atoms with Crippen LogP contribution in [-0.4, -0.2) is 37.1 Å². The Kier molecular flexibility index (Phi) is 7.17. The Morgan fingerprint density at radius 3 is 2.52 bits per heavy atom. The zero-order valence-electron chi connectivity index (χ0n) is 18.7. The van der Waals surface area contributed by atoms with E-state index in [9.17, 15) is 13.6 Å². The summed E-state index contributed by atoms with van der Waals surface area (Å²) in [6.45, 7) is 5.49. The number of anilines is 2. The molecule has 1 aromatic heterocycles. The van der Waals surface area contributed by atoms with Gasteiger partial charge in [0.25, 0.3) is 0 Å². The minimum Gasteiger partial charge on any atom is -0.368 e. The second-order valence-corrected chi connectivity index (χ2v) is 8.26. The van der Waals surface area contributed by atoms with Gasteiger partial charge in [-0.1, -0.05) is 30.3 Å². The molecule has 0 spiro atoms. The first-order valence-corrected chi connectivity index (χ1v) is 11.2. The standard InChI is InChI=1S/C26H28F2N4O/c1-19(30-25(33)12-11-20-6-5-9-23(27)26(20)28)21-7-4-8-22(18-21)31-14-16-32(17-15-31)24-10-2-3-13-29-24/h2-10,13,18-19H,11-12,14-17H2,1H3,(H,30,33). The Labute approximate surface area is 193 Å². The van der Waals surface area contributed by atoms with Crippen molar-refractivity contribution in [3.05, 3.63) is 89.6 Å². The summed E-state index contributed by atoms with van der Waals surface area (Å²) in [5.74, 6) is -0.964. The second kappa shape index (κ2) is 10.4. The maximum absolute atomic E-state index is 13.8. The number of piperazine rings is 1. The summed E-state index contributed by atoms with van der Waals surface area (Å²) in [7, 11) is 0. The number of benzene rings is 2. The molecule has 3 aromatic rings. The smallest absolute Gasteiger partial charge is 0.220 e. The molecular formula is C26H28F2N4O. The van der Waals surface area contributed by atoms with Gasteiger partial charge in [0.2, 0.25) is 5.91 Å². The van der Waals surface area contributed by atoms with Gasteiger partial charge in [0, 0.05) is 44.5 Å². The van der Waals surface area contributed by atoms with Gasteiger partial charge >= 0.3 is 0 Å². The van der Waals surface area contributed by atoms with E-state index in [0.717, 1.165) is 49.3 Å². The van der Waals surface area contributed by atoms with Crippen LogP contribution in [0, 0.1) is 11.6 Å². The molecule has 0 radical (unpaired) electrons. The SMILES string of the molecule is CC(NC(=O)CCc1cccc(F)c1F)c1cccc(N2CCN(c3ccccn3)CC2)c1. The first kappa shape index (κ1) is 22.7. The van der Waals surface area contributed by atoms with Crippen LogP contribution >= 0.6 is 0 Å². The van der Waals surface area contributed by atoms with Gasteiger partial charge in [0.15, 0.2) is 11.6 Å². The van der Waals surface area contributed by atoms with Crippen molar-refractivity contribution in [1.29, 1.82) is 0 Å². The highest BCUT2D eigenvalue weighted by Gasteiger charge is 2.19. The Morgan fingerprint density at radius 1 is 1.00 bits per heavy atom. The van der Waals surface area contributed by atoms with E-state index in [1.807, 2.05) is 43.5 Å². The monoisotopic (exact) mass is 450 g/mol. The molecule has 172 valence electrons. The van der Waals surface area contributed by atoms with Crippen molar-refractivity contribution >= 4 is 17.4 Å². The maximum atomic E-state index is 13.8. The summed E-state index contributed by atoms with van der Waals surface area (Å²) >= 11 is 0. The second-order valence-electron chi connectivity index (χ2n) is 8.26. The zero-order valence-corrected chi connectivity index (χ0v) is 18.7. The number of halogens is 2. The molecule has 33 heavy (non-hydrogen) atoms. The third kappa shape index (κ3) is 5.66. The molecule has 0 saturated carbocycles. The van der Waals surface area contributed by atoms with Gasteiger partial charge in [-0.3, -0.25) is 4.79 Å². The van der Waals surface area contributed by atoms with Crippen LogP contribution in [0.15, 0.2) is 66.9 Å². The number of rotatable bonds is 7. The Hall–Kier alpha value is -3.48. The predicted octanol–water partition coefficient (Wildman–Crippen LogP) is 4.50. The molecule has 2 aromatic carbocycles. The van der Waals surface area contributed by atoms with Crippen molar-refractivity contribution in [3.8, 4) is 0 Å². The number of amides is 1. The van der Waals surface area contributed by atoms with Crippen LogP contribution in [0.5, 0.6) is 0 Å². The number of pyridine rings is 1. The lowest BCUT2D eigenvalue weighted by atomic mass is 10.1. The van der Waals surface area contributed by atoms with E-state index in [0.29, 0.717) is 0 Å². The summed E-state index contributed by atoms with van der Waals surface area (Å²) < 4.78 is 27.2. The number of carbonyl (C=O) groups is 1. The lowest BCUT2D eigenvalue weighted by Gasteiger charge is -2.37. The van der Waals surface area contributed by atoms with E-state index in [4.69, 9.17) is 0 Å². The first-order valence-electron chi connectivity index (χ1n) is 11.2. The van der Waals surface area contributed by atoms with Crippen LogP contribution in [0.2, 0.25) is 0 Å². The summed E-state index contributed by atoms with van der Waals surface area (Å²) in [5, 5.41) is 2.97. The molecule has 1 atom stereocenters. The largest absolute Gasteiger partial charge is 0.368 e. The van der Waals surface area contributed by atoms with Crippen molar-refractivity contribution in [2.45, 2.75) is 25.8 Å². The van der Waals surface area contributed by atoms with Crippen LogP contribution in [0.1, 0.15) is 30.5 Å². The molecule has 2 heterocycles. The molecule has 1 aliphatic heterocycles. The number of nitrogens with zero attached hydrogens (tertiary/aromatic N) is 3. The fraction of sp³-hybridized carbons (Fsp3) is 0.308. The van der Waals surface area contributed by atoms with Gasteiger partial charge in [-0.15, -0.1) is 0 Å². The molecule has 0 bridgehead atoms. The molecule has 4 rings (SSSR count). The molecular weight excluding hydrogens is 422 g/mol. The molecule has 1 aliphatic rings. The van der Waals surface area contributed by atoms with E-state index < -0.39 is 11.6 Å². The quantitative estimate of drug-likeness (QED) is 0.576. The number of nitrogens with one attached hydrogen (secondary N) is 1. The van der Waals surface area contributed by atoms with Crippen LogP contribution in [-0.2, 0) is 11.2 Å². The number of aromatic nitrogens is 1. The zero-order chi connectivity index (χ0) is 23.2. The van der Waals surface area contributed by atoms with Gasteiger partial charge in [-0.25, -0.2) is 13.8 Å². The highest BCUT2D eigenvalue weighted by molar-refractivity contribution is 5.76. The van der Waals surface area contributed by atoms with E-state index in [1.165, 1.54) is 12.1 Å². The maximum Gasteiger partial charge on any atom is 0.220 e. The molecule has 1 unspecified atom stereocenters. The topological polar surface area (TPSA) is 48.5 Å². The molecule has 5 nitrogen and oxygen atoms in total. The molecule has 1 saturated heterocycles.